The number of benzene rings is 2. The molecule has 0 aliphatic carbocycles. The van der Waals surface area contributed by atoms with Crippen LogP contribution in [0.5, 0.6) is 5.75 Å². The summed E-state index contributed by atoms with van der Waals surface area (Å²) in [7, 11) is 0. The van der Waals surface area contributed by atoms with Crippen LogP contribution in [0.3, 0.4) is 0 Å². The predicted octanol–water partition coefficient (Wildman–Crippen LogP) is 2.50. The highest BCUT2D eigenvalue weighted by Crippen LogP contribution is 2.16. The number of hydrogen-bond donors (Lipinski definition) is 2. The van der Waals surface area contributed by atoms with E-state index in [1.165, 1.54) is 12.1 Å². The van der Waals surface area contributed by atoms with E-state index in [0.717, 1.165) is 5.56 Å². The molecule has 0 aliphatic rings. The van der Waals surface area contributed by atoms with Gasteiger partial charge in [-0.05, 0) is 12.1 Å². The Balaban J connectivity index is 2.16. The average Bonchev–Trinajstić information content (AvgIpc) is 2.45. The van der Waals surface area contributed by atoms with E-state index < -0.39 is 0 Å². The van der Waals surface area contributed by atoms with Crippen molar-refractivity contribution in [2.45, 2.75) is 6.61 Å². The van der Waals surface area contributed by atoms with Crippen molar-refractivity contribution in [2.75, 3.05) is 0 Å². The Labute approximate surface area is 109 Å². The van der Waals surface area contributed by atoms with Crippen molar-refractivity contribution in [3.63, 3.8) is 0 Å². The van der Waals surface area contributed by atoms with E-state index in [9.17, 15) is 4.39 Å². The van der Waals surface area contributed by atoms with Gasteiger partial charge in [0.25, 0.3) is 0 Å². The molecule has 2 aromatic rings. The largest absolute Gasteiger partial charge is 0.489 e. The number of rotatable bonds is 4. The van der Waals surface area contributed by atoms with Gasteiger partial charge in [-0.3, -0.25) is 0 Å². The second kappa shape index (κ2) is 5.86. The van der Waals surface area contributed by atoms with E-state index in [2.05, 4.69) is 5.16 Å². The Morgan fingerprint density at radius 2 is 2.00 bits per heavy atom. The zero-order valence-corrected chi connectivity index (χ0v) is 10.1. The van der Waals surface area contributed by atoms with E-state index in [4.69, 9.17) is 15.7 Å². The molecule has 0 aliphatic heterocycles. The number of ether oxygens (including phenoxy) is 1. The second-order valence-electron chi connectivity index (χ2n) is 3.89. The summed E-state index contributed by atoms with van der Waals surface area (Å²) >= 11 is 0. The molecular formula is C14H13FN2O2. The van der Waals surface area contributed by atoms with Gasteiger partial charge in [-0.25, -0.2) is 4.39 Å². The Hall–Kier alpha value is -2.56. The number of amidine groups is 1. The number of nitrogens with zero attached hydrogens (tertiary/aromatic N) is 1. The van der Waals surface area contributed by atoms with Crippen LogP contribution in [0.1, 0.15) is 11.1 Å². The first kappa shape index (κ1) is 12.9. The van der Waals surface area contributed by atoms with Gasteiger partial charge in [-0.1, -0.05) is 35.5 Å². The lowest BCUT2D eigenvalue weighted by molar-refractivity contribution is 0.303. The molecule has 0 unspecified atom stereocenters. The minimum atomic E-state index is -0.359. The van der Waals surface area contributed by atoms with Crippen molar-refractivity contribution >= 4 is 5.84 Å². The zero-order valence-electron chi connectivity index (χ0n) is 10.1. The summed E-state index contributed by atoms with van der Waals surface area (Å²) in [6, 6.07) is 13.0. The molecule has 0 radical (unpaired) electrons. The van der Waals surface area contributed by atoms with Crippen molar-refractivity contribution in [1.82, 2.24) is 0 Å². The third-order valence-corrected chi connectivity index (χ3v) is 2.59. The number of halogens is 1. The fourth-order valence-electron chi connectivity index (χ4n) is 1.67. The average molecular weight is 260 g/mol. The monoisotopic (exact) mass is 260 g/mol. The Morgan fingerprint density at radius 1 is 1.21 bits per heavy atom. The first-order valence-corrected chi connectivity index (χ1v) is 5.65. The topological polar surface area (TPSA) is 67.8 Å². The molecule has 4 nitrogen and oxygen atoms in total. The smallest absolute Gasteiger partial charge is 0.170 e. The molecule has 0 spiro atoms. The van der Waals surface area contributed by atoms with Crippen molar-refractivity contribution in [2.24, 2.45) is 10.9 Å². The summed E-state index contributed by atoms with van der Waals surface area (Å²) in [6.07, 6.45) is 0. The Kier molecular flexibility index (Phi) is 3.97. The van der Waals surface area contributed by atoms with Crippen LogP contribution >= 0.6 is 0 Å². The zero-order chi connectivity index (χ0) is 13.7. The molecular weight excluding hydrogens is 247 g/mol. The Morgan fingerprint density at radius 3 is 2.74 bits per heavy atom. The number of oxime groups is 1. The van der Waals surface area contributed by atoms with Crippen LogP contribution in [0.2, 0.25) is 0 Å². The molecule has 0 saturated heterocycles. The van der Waals surface area contributed by atoms with Crippen LogP contribution in [0, 0.1) is 5.82 Å². The summed E-state index contributed by atoms with van der Waals surface area (Å²) in [5.74, 6) is 0.0787. The maximum absolute atomic E-state index is 13.0. The van der Waals surface area contributed by atoms with Crippen molar-refractivity contribution in [1.29, 1.82) is 0 Å². The van der Waals surface area contributed by atoms with Crippen LogP contribution < -0.4 is 10.5 Å². The summed E-state index contributed by atoms with van der Waals surface area (Å²) in [5, 5.41) is 11.7. The molecule has 0 fully saturated rings. The van der Waals surface area contributed by atoms with Crippen molar-refractivity contribution in [3.8, 4) is 5.75 Å². The highest BCUT2D eigenvalue weighted by Gasteiger charge is 2.07. The fourth-order valence-corrected chi connectivity index (χ4v) is 1.67. The van der Waals surface area contributed by atoms with Crippen LogP contribution in [0.4, 0.5) is 4.39 Å². The van der Waals surface area contributed by atoms with Crippen LogP contribution in [0.15, 0.2) is 53.7 Å². The molecule has 3 N–H and O–H groups in total. The number of nitrogens with two attached hydrogens (primary N) is 1. The fraction of sp³-hybridized carbons (Fsp3) is 0.0714. The minimum Gasteiger partial charge on any atom is -0.489 e. The molecule has 5 heteroatoms. The van der Waals surface area contributed by atoms with Gasteiger partial charge in [0.05, 0.1) is 0 Å². The van der Waals surface area contributed by atoms with Gasteiger partial charge in [0.2, 0.25) is 0 Å². The standard InChI is InChI=1S/C14H13FN2O2/c15-11-5-3-6-12(8-11)19-9-10-4-1-2-7-13(10)14(16)17-18/h1-8,18H,9H2,(H2,16,17). The quantitative estimate of drug-likeness (QED) is 0.384. The SMILES string of the molecule is N/C(=N\O)c1ccccc1COc1cccc(F)c1. The summed E-state index contributed by atoms with van der Waals surface area (Å²) in [6.45, 7) is 0.204. The van der Waals surface area contributed by atoms with Gasteiger partial charge in [-0.15, -0.1) is 0 Å². The predicted molar refractivity (Wildman–Crippen MR) is 69.7 cm³/mol. The van der Waals surface area contributed by atoms with Gasteiger partial charge in [0.15, 0.2) is 5.84 Å². The molecule has 2 aromatic carbocycles. The molecule has 0 bridgehead atoms. The van der Waals surface area contributed by atoms with Crippen molar-refractivity contribution < 1.29 is 14.3 Å². The first-order chi connectivity index (χ1) is 9.20. The van der Waals surface area contributed by atoms with Gasteiger partial charge in [-0.2, -0.15) is 0 Å². The molecule has 0 aromatic heterocycles. The van der Waals surface area contributed by atoms with E-state index >= 15 is 0 Å². The van der Waals surface area contributed by atoms with E-state index in [1.54, 1.807) is 30.3 Å². The van der Waals surface area contributed by atoms with Crippen LogP contribution in [-0.4, -0.2) is 11.0 Å². The molecule has 98 valence electrons. The minimum absolute atomic E-state index is 0.0124. The second-order valence-corrected chi connectivity index (χ2v) is 3.89. The lowest BCUT2D eigenvalue weighted by Gasteiger charge is -2.10. The van der Waals surface area contributed by atoms with E-state index in [1.807, 2.05) is 6.07 Å². The number of hydrogen-bond acceptors (Lipinski definition) is 3. The highest BCUT2D eigenvalue weighted by molar-refractivity contribution is 5.98. The van der Waals surface area contributed by atoms with Crippen LogP contribution in [0.25, 0.3) is 0 Å². The first-order valence-electron chi connectivity index (χ1n) is 5.65. The molecule has 19 heavy (non-hydrogen) atoms. The molecule has 2 rings (SSSR count). The maximum atomic E-state index is 13.0. The van der Waals surface area contributed by atoms with E-state index in [0.29, 0.717) is 11.3 Å². The normalized spacial score (nSPS) is 11.3. The summed E-state index contributed by atoms with van der Waals surface area (Å²) in [5.41, 5.74) is 6.91. The highest BCUT2D eigenvalue weighted by atomic mass is 19.1. The lowest BCUT2D eigenvalue weighted by Crippen LogP contribution is -2.16. The van der Waals surface area contributed by atoms with Crippen LogP contribution in [-0.2, 0) is 6.61 Å². The molecule has 0 atom stereocenters. The van der Waals surface area contributed by atoms with Gasteiger partial charge in [0, 0.05) is 17.2 Å². The Bertz CT molecular complexity index is 600. The molecule has 0 amide bonds. The molecule has 0 heterocycles. The van der Waals surface area contributed by atoms with Gasteiger partial charge < -0.3 is 15.7 Å². The summed E-state index contributed by atoms with van der Waals surface area (Å²) in [4.78, 5) is 0. The summed E-state index contributed by atoms with van der Waals surface area (Å²) < 4.78 is 18.5. The third kappa shape index (κ3) is 3.22. The molecule has 0 saturated carbocycles. The van der Waals surface area contributed by atoms with Gasteiger partial charge in [0.1, 0.15) is 18.2 Å². The maximum Gasteiger partial charge on any atom is 0.170 e. The van der Waals surface area contributed by atoms with Crippen molar-refractivity contribution in [3.05, 3.63) is 65.5 Å². The van der Waals surface area contributed by atoms with Gasteiger partial charge >= 0.3 is 0 Å². The van der Waals surface area contributed by atoms with E-state index in [-0.39, 0.29) is 18.3 Å². The lowest BCUT2D eigenvalue weighted by atomic mass is 10.1. The third-order valence-electron chi connectivity index (χ3n) is 2.59.